The van der Waals surface area contributed by atoms with E-state index in [0.29, 0.717) is 53.2 Å². The number of methoxy groups -OCH3 is 2. The summed E-state index contributed by atoms with van der Waals surface area (Å²) in [5.74, 6) is 1.23. The Morgan fingerprint density at radius 1 is 0.768 bits per heavy atom. The molecule has 6 rings (SSSR count). The quantitative estimate of drug-likeness (QED) is 0.109. The molecule has 56 heavy (non-hydrogen) atoms. The molecule has 4 aromatic rings. The third-order valence-corrected chi connectivity index (χ3v) is 11.0. The standard InChI is InChI=1S/C38H48N10O7S/c1-20(2)28(45-37(52)54-5)35(50)47-15-7-9-25(47)32-39-17-24(42-32)22-11-13-23(14-12-22)30(49)31-34(41-19-56-31)44-27-18-40-33(43-27)26-10-8-16-48(26)36(51)29(21(3)4)46-38(53)55-6/h11-14,17-21,25-26,28-29,44H,7-10,15-16H2,1-6H3,(H,39,42)(H,40,43)(H,45,52)(H,46,53)/t25-,26-,28-,29-/m0/s1. The third kappa shape index (κ3) is 8.54. The largest absolute Gasteiger partial charge is 0.453 e. The number of likely N-dealkylation sites (tertiary alicyclic amines) is 2. The average molecular weight is 789 g/mol. The molecule has 298 valence electrons. The molecule has 4 atom stereocenters. The molecule has 0 spiro atoms. The number of H-pyrrole nitrogens is 2. The van der Waals surface area contributed by atoms with Gasteiger partial charge in [-0.2, -0.15) is 0 Å². The lowest BCUT2D eigenvalue weighted by Crippen LogP contribution is -2.51. The van der Waals surface area contributed by atoms with Gasteiger partial charge in [0, 0.05) is 18.7 Å². The van der Waals surface area contributed by atoms with Gasteiger partial charge in [-0.3, -0.25) is 14.4 Å². The van der Waals surface area contributed by atoms with Crippen molar-refractivity contribution in [2.24, 2.45) is 11.8 Å². The molecule has 1 aromatic carbocycles. The highest BCUT2D eigenvalue weighted by molar-refractivity contribution is 7.12. The number of rotatable bonds is 13. The van der Waals surface area contributed by atoms with Crippen LogP contribution in [0.1, 0.15) is 92.3 Å². The Balaban J connectivity index is 1.11. The third-order valence-electron chi connectivity index (χ3n) is 10.2. The van der Waals surface area contributed by atoms with Gasteiger partial charge in [-0.25, -0.2) is 24.5 Å². The number of hydrogen-bond donors (Lipinski definition) is 5. The van der Waals surface area contributed by atoms with Gasteiger partial charge in [0.25, 0.3) is 0 Å². The van der Waals surface area contributed by atoms with Crippen LogP contribution >= 0.6 is 11.3 Å². The Hall–Kier alpha value is -5.78. The SMILES string of the molecule is COC(=O)N[C@H](C(=O)N1CCC[C@H]1c1ncc(Nc2ncsc2C(=O)c2ccc(-c3cnc([C@@H]4CCCN4C(=O)[C@@H](NC(=O)OC)C(C)C)[nH]3)cc2)[nH]1)C(C)C. The molecule has 2 saturated heterocycles. The van der Waals surface area contributed by atoms with E-state index in [9.17, 15) is 24.0 Å². The van der Waals surface area contributed by atoms with Gasteiger partial charge in [0.2, 0.25) is 17.6 Å². The first kappa shape index (κ1) is 39.9. The summed E-state index contributed by atoms with van der Waals surface area (Å²) in [6.45, 7) is 8.56. The van der Waals surface area contributed by atoms with Crippen molar-refractivity contribution in [3.63, 3.8) is 0 Å². The fraction of sp³-hybridized carbons (Fsp3) is 0.474. The van der Waals surface area contributed by atoms with Crippen molar-refractivity contribution in [1.82, 2.24) is 45.4 Å². The molecule has 2 aliphatic heterocycles. The normalized spacial score (nSPS) is 17.9. The molecule has 0 unspecified atom stereocenters. The highest BCUT2D eigenvalue weighted by atomic mass is 32.1. The first-order valence-electron chi connectivity index (χ1n) is 18.7. The number of benzene rings is 1. The van der Waals surface area contributed by atoms with Crippen LogP contribution < -0.4 is 16.0 Å². The summed E-state index contributed by atoms with van der Waals surface area (Å²) >= 11 is 1.22. The van der Waals surface area contributed by atoms with Crippen molar-refractivity contribution < 1.29 is 33.4 Å². The molecule has 4 amide bonds. The summed E-state index contributed by atoms with van der Waals surface area (Å²) in [4.78, 5) is 88.7. The van der Waals surface area contributed by atoms with Crippen LogP contribution in [0.3, 0.4) is 0 Å². The van der Waals surface area contributed by atoms with Crippen molar-refractivity contribution in [3.05, 3.63) is 64.3 Å². The number of aromatic amines is 2. The molecular formula is C38H48N10O7S. The number of alkyl carbamates (subject to hydrolysis) is 2. The maximum atomic E-state index is 13.7. The van der Waals surface area contributed by atoms with E-state index < -0.39 is 24.3 Å². The van der Waals surface area contributed by atoms with Crippen LogP contribution in [0.4, 0.5) is 21.2 Å². The van der Waals surface area contributed by atoms with Gasteiger partial charge >= 0.3 is 12.2 Å². The smallest absolute Gasteiger partial charge is 0.407 e. The Morgan fingerprint density at radius 3 is 1.84 bits per heavy atom. The van der Waals surface area contributed by atoms with Gasteiger partial charge in [-0.15, -0.1) is 11.3 Å². The minimum atomic E-state index is -0.743. The lowest BCUT2D eigenvalue weighted by atomic mass is 10.0. The van der Waals surface area contributed by atoms with Crippen molar-refractivity contribution >= 4 is 52.8 Å². The second-order valence-electron chi connectivity index (χ2n) is 14.5. The summed E-state index contributed by atoms with van der Waals surface area (Å²) in [6.07, 6.45) is 5.02. The van der Waals surface area contributed by atoms with E-state index in [1.165, 1.54) is 25.6 Å². The van der Waals surface area contributed by atoms with Gasteiger partial charge in [-0.05, 0) is 43.1 Å². The van der Waals surface area contributed by atoms with E-state index in [1.54, 1.807) is 39.8 Å². The van der Waals surface area contributed by atoms with E-state index in [0.717, 1.165) is 30.5 Å². The van der Waals surface area contributed by atoms with Crippen LogP contribution in [0, 0.1) is 11.8 Å². The summed E-state index contributed by atoms with van der Waals surface area (Å²) in [7, 11) is 2.53. The van der Waals surface area contributed by atoms with E-state index in [1.807, 2.05) is 39.8 Å². The predicted octanol–water partition coefficient (Wildman–Crippen LogP) is 5.32. The van der Waals surface area contributed by atoms with Crippen LogP contribution in [0.2, 0.25) is 0 Å². The van der Waals surface area contributed by atoms with Crippen molar-refractivity contribution in [1.29, 1.82) is 0 Å². The van der Waals surface area contributed by atoms with E-state index >= 15 is 0 Å². The van der Waals surface area contributed by atoms with Crippen LogP contribution in [0.25, 0.3) is 11.3 Å². The molecule has 18 heteroatoms. The lowest BCUT2D eigenvalue weighted by Gasteiger charge is -2.30. The number of ether oxygens (including phenoxy) is 2. The van der Waals surface area contributed by atoms with Crippen LogP contribution in [-0.4, -0.2) is 104 Å². The first-order chi connectivity index (χ1) is 26.9. The van der Waals surface area contributed by atoms with Crippen molar-refractivity contribution in [2.75, 3.05) is 32.6 Å². The van der Waals surface area contributed by atoms with Crippen molar-refractivity contribution in [3.8, 4) is 11.3 Å². The summed E-state index contributed by atoms with van der Waals surface area (Å²) in [5.41, 5.74) is 3.62. The zero-order valence-corrected chi connectivity index (χ0v) is 33.1. The highest BCUT2D eigenvalue weighted by Crippen LogP contribution is 2.35. The molecule has 5 heterocycles. The minimum absolute atomic E-state index is 0.138. The van der Waals surface area contributed by atoms with Gasteiger partial charge in [-0.1, -0.05) is 52.0 Å². The minimum Gasteiger partial charge on any atom is -0.453 e. The number of aromatic nitrogens is 5. The fourth-order valence-electron chi connectivity index (χ4n) is 7.16. The molecule has 17 nitrogen and oxygen atoms in total. The van der Waals surface area contributed by atoms with E-state index in [2.05, 4.69) is 40.9 Å². The first-order valence-corrected chi connectivity index (χ1v) is 19.5. The Bertz CT molecular complexity index is 2040. The molecule has 2 aliphatic rings. The number of nitrogens with zero attached hydrogens (tertiary/aromatic N) is 5. The molecule has 0 saturated carbocycles. The van der Waals surface area contributed by atoms with Crippen LogP contribution in [-0.2, 0) is 19.1 Å². The molecule has 0 aliphatic carbocycles. The average Bonchev–Trinajstić information content (AvgIpc) is 4.04. The number of hydrogen-bond acceptors (Lipinski definition) is 12. The van der Waals surface area contributed by atoms with Gasteiger partial charge in [0.05, 0.1) is 49.9 Å². The molecule has 0 radical (unpaired) electrons. The maximum absolute atomic E-state index is 13.7. The van der Waals surface area contributed by atoms with Gasteiger partial charge < -0.3 is 45.2 Å². The predicted molar refractivity (Wildman–Crippen MR) is 207 cm³/mol. The van der Waals surface area contributed by atoms with E-state index in [-0.39, 0.29) is 41.5 Å². The summed E-state index contributed by atoms with van der Waals surface area (Å²) in [6, 6.07) is 5.12. The molecule has 0 bridgehead atoms. The summed E-state index contributed by atoms with van der Waals surface area (Å²) in [5, 5.41) is 8.51. The molecule has 2 fully saturated rings. The number of ketones is 1. The molecule has 3 aromatic heterocycles. The number of thiazole rings is 1. The van der Waals surface area contributed by atoms with E-state index in [4.69, 9.17) is 9.47 Å². The topological polar surface area (TPSA) is 217 Å². The molecule has 5 N–H and O–H groups in total. The maximum Gasteiger partial charge on any atom is 0.407 e. The lowest BCUT2D eigenvalue weighted by molar-refractivity contribution is -0.136. The number of anilines is 2. The number of nitrogens with one attached hydrogen (secondary N) is 5. The number of imidazole rings is 2. The van der Waals surface area contributed by atoms with Gasteiger partial charge in [0.15, 0.2) is 5.82 Å². The fourth-order valence-corrected chi connectivity index (χ4v) is 7.87. The van der Waals surface area contributed by atoms with Crippen molar-refractivity contribution in [2.45, 2.75) is 77.5 Å². The molecular weight excluding hydrogens is 741 g/mol. The second kappa shape index (κ2) is 17.3. The Morgan fingerprint density at radius 2 is 1.30 bits per heavy atom. The Kier molecular flexibility index (Phi) is 12.4. The highest BCUT2D eigenvalue weighted by Gasteiger charge is 2.39. The second-order valence-corrected chi connectivity index (χ2v) is 15.4. The van der Waals surface area contributed by atoms with Gasteiger partial charge in [0.1, 0.15) is 34.4 Å². The Labute approximate surface area is 328 Å². The monoisotopic (exact) mass is 788 g/mol. The number of amides is 4. The van der Waals surface area contributed by atoms with Crippen LogP contribution in [0.15, 0.2) is 42.2 Å². The number of carbonyl (C=O) groups is 5. The zero-order chi connectivity index (χ0) is 40.1. The number of carbonyl (C=O) groups excluding carboxylic acids is 5. The zero-order valence-electron chi connectivity index (χ0n) is 32.3. The van der Waals surface area contributed by atoms with Crippen LogP contribution in [0.5, 0.6) is 0 Å². The summed E-state index contributed by atoms with van der Waals surface area (Å²) < 4.78 is 9.47.